The second-order valence-electron chi connectivity index (χ2n) is 2.86. The van der Waals surface area contributed by atoms with Crippen molar-refractivity contribution in [3.05, 3.63) is 0 Å². The molecule has 0 aromatic carbocycles. The van der Waals surface area contributed by atoms with Gasteiger partial charge in [0.1, 0.15) is 0 Å². The fourth-order valence-electron chi connectivity index (χ4n) is 1.10. The van der Waals surface area contributed by atoms with Crippen LogP contribution in [-0.4, -0.2) is 34.1 Å². The summed E-state index contributed by atoms with van der Waals surface area (Å²) in [4.78, 5) is 7.97. The molecule has 1 fully saturated rings. The fraction of sp³-hybridized carbons (Fsp3) is 0.800. The third kappa shape index (κ3) is 1.30. The Bertz CT molecular complexity index is 298. The van der Waals surface area contributed by atoms with Crippen molar-refractivity contribution in [2.45, 2.75) is 17.8 Å². The number of carbonyl (C=O) groups is 1. The molecular formula is C5H8O6S. The first kappa shape index (κ1) is 9.43. The lowest BCUT2D eigenvalue weighted by Crippen LogP contribution is -2.52. The first-order valence-electron chi connectivity index (χ1n) is 3.18. The van der Waals surface area contributed by atoms with Crippen LogP contribution in [0, 0.1) is 5.92 Å². The Labute approximate surface area is 68.6 Å². The molecule has 0 unspecified atom stereocenters. The summed E-state index contributed by atoms with van der Waals surface area (Å²) in [6.07, 6.45) is -0.887. The molecule has 6 nitrogen and oxygen atoms in total. The van der Waals surface area contributed by atoms with Crippen LogP contribution in [0.4, 0.5) is 0 Å². The van der Waals surface area contributed by atoms with E-state index in [4.69, 9.17) is 14.8 Å². The molecule has 1 aliphatic rings. The van der Waals surface area contributed by atoms with Gasteiger partial charge in [-0.05, 0) is 0 Å². The number of carboxylic acid groups (broad SMARTS) is 1. The van der Waals surface area contributed by atoms with Gasteiger partial charge in [0.05, 0.1) is 5.92 Å². The van der Waals surface area contributed by atoms with E-state index in [9.17, 15) is 13.2 Å². The zero-order valence-electron chi connectivity index (χ0n) is 5.97. The number of hydrogen-bond acceptors (Lipinski definition) is 4. The third-order valence-corrected chi connectivity index (χ3v) is 3.25. The molecule has 0 heterocycles. The maximum atomic E-state index is 10.4. The van der Waals surface area contributed by atoms with Crippen LogP contribution >= 0.6 is 0 Å². The molecule has 0 saturated heterocycles. The second-order valence-corrected chi connectivity index (χ2v) is 4.57. The van der Waals surface area contributed by atoms with Crippen LogP contribution in [0.25, 0.3) is 0 Å². The predicted octanol–water partition coefficient (Wildman–Crippen LogP) is -0.943. The maximum absolute atomic E-state index is 10.4. The van der Waals surface area contributed by atoms with E-state index in [1.165, 1.54) is 0 Å². The van der Waals surface area contributed by atoms with E-state index in [-0.39, 0.29) is 0 Å². The lowest BCUT2D eigenvalue weighted by Gasteiger charge is -2.37. The van der Waals surface area contributed by atoms with Gasteiger partial charge in [-0.3, -0.25) is 9.35 Å². The summed E-state index contributed by atoms with van der Waals surface area (Å²) in [5, 5.41) is 17.4. The Hall–Kier alpha value is -0.660. The average Bonchev–Trinajstić information content (AvgIpc) is 1.77. The highest BCUT2D eigenvalue weighted by molar-refractivity contribution is 7.87. The molecule has 0 spiro atoms. The van der Waals surface area contributed by atoms with Crippen molar-refractivity contribution < 1.29 is 28.0 Å². The van der Waals surface area contributed by atoms with Gasteiger partial charge >= 0.3 is 5.97 Å². The van der Waals surface area contributed by atoms with Gasteiger partial charge in [-0.1, -0.05) is 0 Å². The van der Waals surface area contributed by atoms with Gasteiger partial charge in [-0.15, -0.1) is 0 Å². The minimum atomic E-state index is -4.54. The quantitative estimate of drug-likeness (QED) is 0.491. The van der Waals surface area contributed by atoms with E-state index in [2.05, 4.69) is 0 Å². The van der Waals surface area contributed by atoms with Crippen LogP contribution in [0.15, 0.2) is 0 Å². The molecule has 3 N–H and O–H groups in total. The zero-order chi connectivity index (χ0) is 9.57. The molecule has 0 aromatic rings. The zero-order valence-corrected chi connectivity index (χ0v) is 6.78. The number of rotatable bonds is 2. The van der Waals surface area contributed by atoms with Gasteiger partial charge in [0, 0.05) is 12.8 Å². The van der Waals surface area contributed by atoms with Crippen molar-refractivity contribution in [3.63, 3.8) is 0 Å². The molecule has 0 aliphatic heterocycles. The van der Waals surface area contributed by atoms with E-state index in [1.54, 1.807) is 0 Å². The van der Waals surface area contributed by atoms with Crippen molar-refractivity contribution in [2.24, 2.45) is 5.92 Å². The van der Waals surface area contributed by atoms with Crippen LogP contribution in [0.3, 0.4) is 0 Å². The van der Waals surface area contributed by atoms with Crippen LogP contribution in [-0.2, 0) is 14.9 Å². The average molecular weight is 196 g/mol. The highest BCUT2D eigenvalue weighted by Gasteiger charge is 2.55. The highest BCUT2D eigenvalue weighted by atomic mass is 32.2. The molecule has 0 bridgehead atoms. The Morgan fingerprint density at radius 1 is 1.42 bits per heavy atom. The minimum absolute atomic E-state index is 0.443. The number of aliphatic carboxylic acids is 1. The topological polar surface area (TPSA) is 112 Å². The monoisotopic (exact) mass is 196 g/mol. The van der Waals surface area contributed by atoms with Gasteiger partial charge in [0.25, 0.3) is 10.1 Å². The fourth-order valence-corrected chi connectivity index (χ4v) is 1.92. The van der Waals surface area contributed by atoms with Gasteiger partial charge in [-0.2, -0.15) is 8.42 Å². The maximum Gasteiger partial charge on any atom is 0.306 e. The second kappa shape index (κ2) is 2.41. The third-order valence-electron chi connectivity index (χ3n) is 1.96. The molecule has 1 rings (SSSR count). The molecule has 0 amide bonds. The highest BCUT2D eigenvalue weighted by Crippen LogP contribution is 2.41. The van der Waals surface area contributed by atoms with Crippen molar-refractivity contribution in [1.82, 2.24) is 0 Å². The van der Waals surface area contributed by atoms with Crippen LogP contribution in [0.1, 0.15) is 12.8 Å². The first-order valence-corrected chi connectivity index (χ1v) is 4.62. The summed E-state index contributed by atoms with van der Waals surface area (Å²) in [5.41, 5.74) is 0. The largest absolute Gasteiger partial charge is 0.481 e. The summed E-state index contributed by atoms with van der Waals surface area (Å²) in [6.45, 7) is 0. The van der Waals surface area contributed by atoms with Crippen LogP contribution in [0.2, 0.25) is 0 Å². The number of aliphatic hydroxyl groups is 1. The van der Waals surface area contributed by atoms with Crippen molar-refractivity contribution in [1.29, 1.82) is 0 Å². The van der Waals surface area contributed by atoms with Gasteiger partial charge in [-0.25, -0.2) is 0 Å². The van der Waals surface area contributed by atoms with Crippen molar-refractivity contribution in [3.8, 4) is 0 Å². The van der Waals surface area contributed by atoms with Crippen LogP contribution < -0.4 is 0 Å². The summed E-state index contributed by atoms with van der Waals surface area (Å²) in [6, 6.07) is 0. The lowest BCUT2D eigenvalue weighted by molar-refractivity contribution is -0.151. The lowest BCUT2D eigenvalue weighted by atomic mass is 9.82. The molecule has 70 valence electrons. The number of carboxylic acids is 1. The van der Waals surface area contributed by atoms with Crippen molar-refractivity contribution >= 4 is 16.1 Å². The molecule has 1 saturated carbocycles. The van der Waals surface area contributed by atoms with Crippen molar-refractivity contribution in [2.75, 3.05) is 0 Å². The van der Waals surface area contributed by atoms with E-state index >= 15 is 0 Å². The van der Waals surface area contributed by atoms with E-state index in [0.29, 0.717) is 0 Å². The SMILES string of the molecule is O=C(O)C1CC(O)(S(=O)(=O)O)C1. The smallest absolute Gasteiger partial charge is 0.306 e. The Balaban J connectivity index is 2.70. The van der Waals surface area contributed by atoms with E-state index in [1.807, 2.05) is 0 Å². The number of hydrogen-bond donors (Lipinski definition) is 3. The Morgan fingerprint density at radius 2 is 1.83 bits per heavy atom. The Morgan fingerprint density at radius 3 is 2.08 bits per heavy atom. The molecule has 0 aromatic heterocycles. The molecule has 1 aliphatic carbocycles. The standard InChI is InChI=1S/C5H8O6S/c6-4(7)3-1-5(8,2-3)12(9,10)11/h3,8H,1-2H2,(H,6,7)(H,9,10,11). The normalized spacial score (nSPS) is 35.7. The molecular weight excluding hydrogens is 188 g/mol. The van der Waals surface area contributed by atoms with Gasteiger partial charge in [0.2, 0.25) is 0 Å². The van der Waals surface area contributed by atoms with E-state index in [0.717, 1.165) is 0 Å². The van der Waals surface area contributed by atoms with Gasteiger partial charge < -0.3 is 10.2 Å². The predicted molar refractivity (Wildman–Crippen MR) is 36.9 cm³/mol. The van der Waals surface area contributed by atoms with Crippen LogP contribution in [0.5, 0.6) is 0 Å². The first-order chi connectivity index (χ1) is 5.26. The molecule has 12 heavy (non-hydrogen) atoms. The molecule has 7 heteroatoms. The summed E-state index contributed by atoms with van der Waals surface area (Å²) < 4.78 is 29.3. The molecule has 0 radical (unpaired) electrons. The van der Waals surface area contributed by atoms with Gasteiger partial charge in [0.15, 0.2) is 4.93 Å². The molecule has 0 atom stereocenters. The summed E-state index contributed by atoms with van der Waals surface area (Å²) in [5.74, 6) is -2.04. The van der Waals surface area contributed by atoms with E-state index < -0.39 is 39.8 Å². The Kier molecular flexibility index (Phi) is 1.89. The summed E-state index contributed by atoms with van der Waals surface area (Å²) in [7, 11) is -4.54. The minimum Gasteiger partial charge on any atom is -0.481 e. The summed E-state index contributed by atoms with van der Waals surface area (Å²) >= 11 is 0.